The maximum atomic E-state index is 11.8. The topological polar surface area (TPSA) is 75.4 Å². The molecule has 1 heterocycles. The first-order valence-electron chi connectivity index (χ1n) is 6.35. The Morgan fingerprint density at radius 1 is 1.50 bits per heavy atom. The number of hydrogen-bond donors (Lipinski definition) is 2. The smallest absolute Gasteiger partial charge is 0.224 e. The monoisotopic (exact) mass is 275 g/mol. The standard InChI is InChI=1S/C12H21N3O2.ClH/c1-15-7-9(6-12(15)17)14-11(16)5-8-3-2-4-10(8)13;/h8-10H,2-7,13H2,1H3,(H,14,16);1H/t8-,9?,10+;/m0./s1. The molecule has 0 spiro atoms. The maximum absolute atomic E-state index is 11.8. The largest absolute Gasteiger partial charge is 0.351 e. The van der Waals surface area contributed by atoms with E-state index in [1.54, 1.807) is 11.9 Å². The van der Waals surface area contributed by atoms with E-state index in [1.807, 2.05) is 0 Å². The first-order chi connectivity index (χ1) is 8.06. The zero-order chi connectivity index (χ0) is 12.4. The van der Waals surface area contributed by atoms with Crippen molar-refractivity contribution in [2.75, 3.05) is 13.6 Å². The number of nitrogens with two attached hydrogens (primary N) is 1. The molecule has 2 rings (SSSR count). The first-order valence-corrected chi connectivity index (χ1v) is 6.35. The Kier molecular flexibility index (Phi) is 5.41. The van der Waals surface area contributed by atoms with Crippen LogP contribution in [0.5, 0.6) is 0 Å². The van der Waals surface area contributed by atoms with Crippen LogP contribution in [0.1, 0.15) is 32.1 Å². The predicted octanol–water partition coefficient (Wildman–Crippen LogP) is 0.273. The van der Waals surface area contributed by atoms with Crippen molar-refractivity contribution in [1.29, 1.82) is 0 Å². The van der Waals surface area contributed by atoms with Gasteiger partial charge in [-0.2, -0.15) is 0 Å². The van der Waals surface area contributed by atoms with Crippen molar-refractivity contribution in [3.63, 3.8) is 0 Å². The fraction of sp³-hybridized carbons (Fsp3) is 0.833. The summed E-state index contributed by atoms with van der Waals surface area (Å²) in [6.45, 7) is 0.626. The quantitative estimate of drug-likeness (QED) is 0.776. The van der Waals surface area contributed by atoms with Crippen LogP contribution in [-0.4, -0.2) is 42.4 Å². The second-order valence-electron chi connectivity index (χ2n) is 5.30. The number of carbonyl (C=O) groups is 2. The lowest BCUT2D eigenvalue weighted by Crippen LogP contribution is -2.38. The summed E-state index contributed by atoms with van der Waals surface area (Å²) in [7, 11) is 1.77. The zero-order valence-electron chi connectivity index (χ0n) is 10.7. The minimum Gasteiger partial charge on any atom is -0.351 e. The lowest BCUT2D eigenvalue weighted by atomic mass is 9.99. The highest BCUT2D eigenvalue weighted by Gasteiger charge is 2.30. The van der Waals surface area contributed by atoms with Crippen molar-refractivity contribution in [2.45, 2.75) is 44.2 Å². The third kappa shape index (κ3) is 3.59. The van der Waals surface area contributed by atoms with Crippen LogP contribution in [0.4, 0.5) is 0 Å². The van der Waals surface area contributed by atoms with Crippen LogP contribution in [0.25, 0.3) is 0 Å². The number of likely N-dealkylation sites (tertiary alicyclic amines) is 1. The molecule has 0 aromatic rings. The summed E-state index contributed by atoms with van der Waals surface area (Å²) in [6.07, 6.45) is 4.15. The Morgan fingerprint density at radius 3 is 2.72 bits per heavy atom. The van der Waals surface area contributed by atoms with Crippen molar-refractivity contribution < 1.29 is 9.59 Å². The molecule has 6 heteroatoms. The second-order valence-corrected chi connectivity index (χ2v) is 5.30. The fourth-order valence-electron chi connectivity index (χ4n) is 2.80. The van der Waals surface area contributed by atoms with E-state index in [2.05, 4.69) is 5.32 Å². The molecular formula is C12H22ClN3O2. The molecule has 18 heavy (non-hydrogen) atoms. The van der Waals surface area contributed by atoms with E-state index in [0.717, 1.165) is 19.3 Å². The Labute approximate surface area is 114 Å². The van der Waals surface area contributed by atoms with Crippen LogP contribution in [0.3, 0.4) is 0 Å². The van der Waals surface area contributed by atoms with E-state index in [4.69, 9.17) is 5.73 Å². The van der Waals surface area contributed by atoms with E-state index in [9.17, 15) is 9.59 Å². The molecule has 2 fully saturated rings. The van der Waals surface area contributed by atoms with E-state index in [0.29, 0.717) is 25.3 Å². The summed E-state index contributed by atoms with van der Waals surface area (Å²) in [5.74, 6) is 0.471. The normalized spacial score (nSPS) is 31.3. The molecule has 1 saturated heterocycles. The molecule has 5 nitrogen and oxygen atoms in total. The summed E-state index contributed by atoms with van der Waals surface area (Å²) in [5, 5.41) is 2.93. The van der Waals surface area contributed by atoms with Gasteiger partial charge < -0.3 is 16.0 Å². The van der Waals surface area contributed by atoms with Crippen molar-refractivity contribution in [2.24, 2.45) is 11.7 Å². The van der Waals surface area contributed by atoms with Gasteiger partial charge in [0.15, 0.2) is 0 Å². The van der Waals surface area contributed by atoms with Crippen LogP contribution >= 0.6 is 12.4 Å². The lowest BCUT2D eigenvalue weighted by Gasteiger charge is -2.17. The fourth-order valence-corrected chi connectivity index (χ4v) is 2.80. The van der Waals surface area contributed by atoms with Gasteiger partial charge in [-0.3, -0.25) is 9.59 Å². The Bertz CT molecular complexity index is 324. The van der Waals surface area contributed by atoms with Gasteiger partial charge in [0.2, 0.25) is 11.8 Å². The molecule has 1 saturated carbocycles. The molecule has 1 unspecified atom stereocenters. The van der Waals surface area contributed by atoms with E-state index in [1.165, 1.54) is 0 Å². The number of amides is 2. The van der Waals surface area contributed by atoms with Gasteiger partial charge in [-0.25, -0.2) is 0 Å². The molecule has 1 aliphatic heterocycles. The van der Waals surface area contributed by atoms with Crippen LogP contribution < -0.4 is 11.1 Å². The third-order valence-corrected chi connectivity index (χ3v) is 3.87. The van der Waals surface area contributed by atoms with E-state index in [-0.39, 0.29) is 36.3 Å². The van der Waals surface area contributed by atoms with Gasteiger partial charge in [-0.05, 0) is 18.8 Å². The minimum absolute atomic E-state index is 0. The third-order valence-electron chi connectivity index (χ3n) is 3.87. The molecular weight excluding hydrogens is 254 g/mol. The molecule has 0 radical (unpaired) electrons. The van der Waals surface area contributed by atoms with Gasteiger partial charge in [0.1, 0.15) is 0 Å². The van der Waals surface area contributed by atoms with Crippen molar-refractivity contribution in [3.05, 3.63) is 0 Å². The highest BCUT2D eigenvalue weighted by Crippen LogP contribution is 2.26. The van der Waals surface area contributed by atoms with Gasteiger partial charge in [0, 0.05) is 32.5 Å². The number of likely N-dealkylation sites (N-methyl/N-ethyl adjacent to an activating group) is 1. The van der Waals surface area contributed by atoms with Crippen molar-refractivity contribution in [3.8, 4) is 0 Å². The number of rotatable bonds is 3. The van der Waals surface area contributed by atoms with E-state index >= 15 is 0 Å². The van der Waals surface area contributed by atoms with Gasteiger partial charge in [-0.1, -0.05) is 6.42 Å². The van der Waals surface area contributed by atoms with Crippen LogP contribution in [0, 0.1) is 5.92 Å². The average molecular weight is 276 g/mol. The second kappa shape index (κ2) is 6.38. The van der Waals surface area contributed by atoms with Crippen molar-refractivity contribution in [1.82, 2.24) is 10.2 Å². The van der Waals surface area contributed by atoms with Gasteiger partial charge >= 0.3 is 0 Å². The number of halogens is 1. The van der Waals surface area contributed by atoms with Crippen LogP contribution in [0.15, 0.2) is 0 Å². The molecule has 0 aromatic heterocycles. The Morgan fingerprint density at radius 2 is 2.22 bits per heavy atom. The van der Waals surface area contributed by atoms with Crippen LogP contribution in [0.2, 0.25) is 0 Å². The molecule has 3 atom stereocenters. The molecule has 0 bridgehead atoms. The molecule has 2 aliphatic rings. The molecule has 2 amide bonds. The highest BCUT2D eigenvalue weighted by molar-refractivity contribution is 5.85. The number of nitrogens with one attached hydrogen (secondary N) is 1. The minimum atomic E-state index is -0.0161. The van der Waals surface area contributed by atoms with E-state index < -0.39 is 0 Å². The SMILES string of the molecule is CN1CC(NC(=O)C[C@@H]2CCC[C@H]2N)CC1=O.Cl. The van der Waals surface area contributed by atoms with Crippen LogP contribution in [-0.2, 0) is 9.59 Å². The molecule has 0 aromatic carbocycles. The molecule has 104 valence electrons. The molecule has 1 aliphatic carbocycles. The Balaban J connectivity index is 0.00000162. The summed E-state index contributed by atoms with van der Waals surface area (Å²) < 4.78 is 0. The predicted molar refractivity (Wildman–Crippen MR) is 71.4 cm³/mol. The van der Waals surface area contributed by atoms with Gasteiger partial charge in [0.25, 0.3) is 0 Å². The highest BCUT2D eigenvalue weighted by atomic mass is 35.5. The average Bonchev–Trinajstić information content (AvgIpc) is 2.76. The van der Waals surface area contributed by atoms with Crippen molar-refractivity contribution >= 4 is 24.2 Å². The summed E-state index contributed by atoms with van der Waals surface area (Å²) in [6, 6.07) is 0.159. The van der Waals surface area contributed by atoms with Gasteiger partial charge in [0.05, 0.1) is 6.04 Å². The lowest BCUT2D eigenvalue weighted by molar-refractivity contribution is -0.126. The summed E-state index contributed by atoms with van der Waals surface area (Å²) in [4.78, 5) is 24.8. The Hall–Kier alpha value is -0.810. The summed E-state index contributed by atoms with van der Waals surface area (Å²) >= 11 is 0. The summed E-state index contributed by atoms with van der Waals surface area (Å²) in [5.41, 5.74) is 5.94. The first kappa shape index (κ1) is 15.2. The zero-order valence-corrected chi connectivity index (χ0v) is 11.5. The van der Waals surface area contributed by atoms with Gasteiger partial charge in [-0.15, -0.1) is 12.4 Å². The number of carbonyl (C=O) groups excluding carboxylic acids is 2. The number of nitrogens with zero attached hydrogens (tertiary/aromatic N) is 1. The molecule has 3 N–H and O–H groups in total. The maximum Gasteiger partial charge on any atom is 0.224 e. The number of hydrogen-bond acceptors (Lipinski definition) is 3.